The van der Waals surface area contributed by atoms with Crippen LogP contribution in [-0.4, -0.2) is 41.2 Å². The molecule has 0 aromatic carbocycles. The summed E-state index contributed by atoms with van der Waals surface area (Å²) in [6.45, 7) is 3.93. The molecule has 0 aliphatic heterocycles. The smallest absolute Gasteiger partial charge is 0.355 e. The van der Waals surface area contributed by atoms with Crippen LogP contribution in [0.2, 0.25) is 0 Å². The molecule has 0 saturated heterocycles. The van der Waals surface area contributed by atoms with Crippen molar-refractivity contribution in [2.45, 2.75) is 26.3 Å². The Kier molecular flexibility index (Phi) is 5.27. The van der Waals surface area contributed by atoms with Crippen LogP contribution in [-0.2, 0) is 0 Å². The molecule has 0 spiro atoms. The number of carboxylic acid groups (broad SMARTS) is 1. The summed E-state index contributed by atoms with van der Waals surface area (Å²) in [6.07, 6.45) is 3.15. The molecule has 1 rings (SSSR count). The van der Waals surface area contributed by atoms with Crippen molar-refractivity contribution in [1.29, 1.82) is 0 Å². The maximum Gasteiger partial charge on any atom is 0.355 e. The van der Waals surface area contributed by atoms with Gasteiger partial charge < -0.3 is 10.0 Å². The third-order valence-electron chi connectivity index (χ3n) is 2.69. The first-order chi connectivity index (χ1) is 7.97. The molecule has 1 atom stereocenters. The van der Waals surface area contributed by atoms with Crippen molar-refractivity contribution in [3.05, 3.63) is 10.6 Å². The third-order valence-corrected chi connectivity index (χ3v) is 4.40. The summed E-state index contributed by atoms with van der Waals surface area (Å²) >= 11 is 3.26. The van der Waals surface area contributed by atoms with Gasteiger partial charge in [-0.15, -0.1) is 11.3 Å². The quantitative estimate of drug-likeness (QED) is 0.864. The van der Waals surface area contributed by atoms with E-state index in [1.54, 1.807) is 6.92 Å². The number of aryl methyl sites for hydroxylation is 1. The van der Waals surface area contributed by atoms with Crippen LogP contribution in [0.5, 0.6) is 0 Å². The van der Waals surface area contributed by atoms with E-state index < -0.39 is 5.97 Å². The minimum atomic E-state index is -0.949. The molecule has 17 heavy (non-hydrogen) atoms. The van der Waals surface area contributed by atoms with E-state index in [0.717, 1.165) is 22.2 Å². The number of hydrogen-bond acceptors (Lipinski definition) is 5. The van der Waals surface area contributed by atoms with Crippen LogP contribution in [0.25, 0.3) is 0 Å². The Labute approximate surface area is 110 Å². The Morgan fingerprint density at radius 1 is 1.65 bits per heavy atom. The van der Waals surface area contributed by atoms with Gasteiger partial charge in [0.25, 0.3) is 0 Å². The number of thioether (sulfide) groups is 1. The van der Waals surface area contributed by atoms with Crippen molar-refractivity contribution in [3.8, 4) is 0 Å². The average molecular weight is 274 g/mol. The summed E-state index contributed by atoms with van der Waals surface area (Å²) in [4.78, 5) is 17.9. The second kappa shape index (κ2) is 6.26. The van der Waals surface area contributed by atoms with Gasteiger partial charge in [0.2, 0.25) is 0 Å². The maximum atomic E-state index is 10.9. The summed E-state index contributed by atoms with van der Waals surface area (Å²) in [5.74, 6) is 0.150. The van der Waals surface area contributed by atoms with Gasteiger partial charge in [-0.05, 0) is 32.3 Å². The maximum absolute atomic E-state index is 10.9. The highest BCUT2D eigenvalue weighted by atomic mass is 32.2. The number of carbonyl (C=O) groups is 1. The van der Waals surface area contributed by atoms with Crippen molar-refractivity contribution in [3.63, 3.8) is 0 Å². The van der Waals surface area contributed by atoms with Gasteiger partial charge in [-0.25, -0.2) is 9.78 Å². The molecule has 4 nitrogen and oxygen atoms in total. The topological polar surface area (TPSA) is 53.4 Å². The Morgan fingerprint density at radius 2 is 2.29 bits per heavy atom. The first-order valence-electron chi connectivity index (χ1n) is 5.39. The van der Waals surface area contributed by atoms with E-state index >= 15 is 0 Å². The lowest BCUT2D eigenvalue weighted by Crippen LogP contribution is -2.29. The molecular formula is C11H18N2O2S2. The van der Waals surface area contributed by atoms with E-state index in [4.69, 9.17) is 5.11 Å². The molecule has 1 aromatic heterocycles. The number of thiazole rings is 1. The fraction of sp³-hybridized carbons (Fsp3) is 0.636. The molecule has 0 amide bonds. The zero-order valence-corrected chi connectivity index (χ0v) is 12.2. The van der Waals surface area contributed by atoms with Crippen molar-refractivity contribution < 1.29 is 9.90 Å². The molecule has 1 aromatic rings. The SMILES string of the molecule is CSCCC(C)N(C)c1nc(C(=O)O)c(C)s1. The van der Waals surface area contributed by atoms with Crippen LogP contribution in [0.1, 0.15) is 28.7 Å². The minimum Gasteiger partial charge on any atom is -0.476 e. The molecule has 0 saturated carbocycles. The number of aromatic carboxylic acids is 1. The molecule has 0 bridgehead atoms. The van der Waals surface area contributed by atoms with Gasteiger partial charge >= 0.3 is 5.97 Å². The highest BCUT2D eigenvalue weighted by molar-refractivity contribution is 7.98. The lowest BCUT2D eigenvalue weighted by Gasteiger charge is -2.23. The third kappa shape index (κ3) is 3.61. The van der Waals surface area contributed by atoms with E-state index in [1.807, 2.05) is 18.8 Å². The monoisotopic (exact) mass is 274 g/mol. The molecule has 1 N–H and O–H groups in total. The van der Waals surface area contributed by atoms with E-state index in [1.165, 1.54) is 11.3 Å². The van der Waals surface area contributed by atoms with Crippen molar-refractivity contribution >= 4 is 34.2 Å². The van der Waals surface area contributed by atoms with Gasteiger partial charge in [-0.2, -0.15) is 11.8 Å². The molecule has 96 valence electrons. The lowest BCUT2D eigenvalue weighted by atomic mass is 10.2. The fourth-order valence-corrected chi connectivity index (χ4v) is 2.94. The number of nitrogens with zero attached hydrogens (tertiary/aromatic N) is 2. The molecule has 6 heteroatoms. The molecular weight excluding hydrogens is 256 g/mol. The highest BCUT2D eigenvalue weighted by Gasteiger charge is 2.18. The highest BCUT2D eigenvalue weighted by Crippen LogP contribution is 2.26. The number of rotatable bonds is 6. The van der Waals surface area contributed by atoms with Crippen molar-refractivity contribution in [1.82, 2.24) is 4.98 Å². The molecule has 1 unspecified atom stereocenters. The predicted octanol–water partition coefficient (Wildman–Crippen LogP) is 2.73. The van der Waals surface area contributed by atoms with Gasteiger partial charge in [-0.1, -0.05) is 0 Å². The number of anilines is 1. The summed E-state index contributed by atoms with van der Waals surface area (Å²) < 4.78 is 0. The van der Waals surface area contributed by atoms with Crippen LogP contribution < -0.4 is 4.90 Å². The van der Waals surface area contributed by atoms with Crippen LogP contribution >= 0.6 is 23.1 Å². The Bertz CT molecular complexity index is 393. The Morgan fingerprint density at radius 3 is 2.76 bits per heavy atom. The summed E-state index contributed by atoms with van der Waals surface area (Å²) in [5.41, 5.74) is 0.175. The molecule has 0 radical (unpaired) electrons. The largest absolute Gasteiger partial charge is 0.476 e. The van der Waals surface area contributed by atoms with Gasteiger partial charge in [0, 0.05) is 18.0 Å². The van der Waals surface area contributed by atoms with E-state index in [-0.39, 0.29) is 5.69 Å². The summed E-state index contributed by atoms with van der Waals surface area (Å²) in [7, 11) is 1.97. The molecule has 0 aliphatic carbocycles. The number of aromatic nitrogens is 1. The van der Waals surface area contributed by atoms with Crippen LogP contribution in [0, 0.1) is 6.92 Å². The Hall–Kier alpha value is -0.750. The first kappa shape index (κ1) is 14.3. The summed E-state index contributed by atoms with van der Waals surface area (Å²) in [6, 6.07) is 0.370. The molecule has 1 heterocycles. The van der Waals surface area contributed by atoms with Gasteiger partial charge in [-0.3, -0.25) is 0 Å². The van der Waals surface area contributed by atoms with Crippen molar-refractivity contribution in [2.75, 3.05) is 24.0 Å². The number of carboxylic acids is 1. The van der Waals surface area contributed by atoms with Crippen molar-refractivity contribution in [2.24, 2.45) is 0 Å². The Balaban J connectivity index is 2.78. The normalized spacial score (nSPS) is 12.5. The number of hydrogen-bond donors (Lipinski definition) is 1. The second-order valence-electron chi connectivity index (χ2n) is 3.95. The predicted molar refractivity (Wildman–Crippen MR) is 74.7 cm³/mol. The van der Waals surface area contributed by atoms with Crippen LogP contribution in [0.3, 0.4) is 0 Å². The first-order valence-corrected chi connectivity index (χ1v) is 7.61. The summed E-state index contributed by atoms with van der Waals surface area (Å²) in [5, 5.41) is 9.75. The van der Waals surface area contributed by atoms with Gasteiger partial charge in [0.05, 0.1) is 0 Å². The zero-order valence-electron chi connectivity index (χ0n) is 10.6. The van der Waals surface area contributed by atoms with Gasteiger partial charge in [0.1, 0.15) is 0 Å². The molecule has 0 aliphatic rings. The van der Waals surface area contributed by atoms with E-state index in [0.29, 0.717) is 6.04 Å². The van der Waals surface area contributed by atoms with E-state index in [9.17, 15) is 4.79 Å². The standard InChI is InChI=1S/C11H18N2O2S2/c1-7(5-6-16-4)13(3)11-12-9(10(14)15)8(2)17-11/h7H,5-6H2,1-4H3,(H,14,15). The van der Waals surface area contributed by atoms with Crippen LogP contribution in [0.4, 0.5) is 5.13 Å². The average Bonchev–Trinajstić information content (AvgIpc) is 2.67. The lowest BCUT2D eigenvalue weighted by molar-refractivity contribution is 0.0690. The van der Waals surface area contributed by atoms with E-state index in [2.05, 4.69) is 23.1 Å². The van der Waals surface area contributed by atoms with Gasteiger partial charge in [0.15, 0.2) is 10.8 Å². The zero-order chi connectivity index (χ0) is 13.0. The fourth-order valence-electron chi connectivity index (χ4n) is 1.40. The molecule has 0 fully saturated rings. The minimum absolute atomic E-state index is 0.175. The van der Waals surface area contributed by atoms with Crippen LogP contribution in [0.15, 0.2) is 0 Å². The second-order valence-corrected chi connectivity index (χ2v) is 6.12.